The lowest BCUT2D eigenvalue weighted by atomic mass is 10.2. The van der Waals surface area contributed by atoms with Gasteiger partial charge in [0.2, 0.25) is 5.89 Å². The van der Waals surface area contributed by atoms with Gasteiger partial charge < -0.3 is 19.0 Å². The number of hydrogen-bond donors (Lipinski definition) is 2. The summed E-state index contributed by atoms with van der Waals surface area (Å²) in [5, 5.41) is 25.9. The molecule has 110 valence electrons. The lowest BCUT2D eigenvalue weighted by molar-refractivity contribution is 0.147. The fraction of sp³-hybridized carbons (Fsp3) is 0.538. The zero-order valence-corrected chi connectivity index (χ0v) is 11.7. The second-order valence-electron chi connectivity index (χ2n) is 4.55. The fourth-order valence-electron chi connectivity index (χ4n) is 2.01. The van der Waals surface area contributed by atoms with Crippen LogP contribution < -0.4 is 0 Å². The monoisotopic (exact) mass is 281 g/mol. The summed E-state index contributed by atoms with van der Waals surface area (Å²) in [6.07, 6.45) is 0. The largest absolute Gasteiger partial charge is 0.466 e. The Morgan fingerprint density at radius 3 is 2.35 bits per heavy atom. The van der Waals surface area contributed by atoms with Gasteiger partial charge in [-0.25, -0.2) is 0 Å². The third-order valence-electron chi connectivity index (χ3n) is 2.93. The minimum atomic E-state index is 0.0149. The number of rotatable bonds is 7. The summed E-state index contributed by atoms with van der Waals surface area (Å²) >= 11 is 0. The quantitative estimate of drug-likeness (QED) is 0.772. The summed E-state index contributed by atoms with van der Waals surface area (Å²) in [6.45, 7) is 5.02. The summed E-state index contributed by atoms with van der Waals surface area (Å²) in [4.78, 5) is 1.84. The second-order valence-corrected chi connectivity index (χ2v) is 4.55. The van der Waals surface area contributed by atoms with Gasteiger partial charge in [0.1, 0.15) is 11.5 Å². The van der Waals surface area contributed by atoms with Crippen molar-refractivity contribution in [3.8, 4) is 11.5 Å². The first-order valence-electron chi connectivity index (χ1n) is 6.48. The molecule has 20 heavy (non-hydrogen) atoms. The number of hydrogen-bond acceptors (Lipinski definition) is 7. The zero-order chi connectivity index (χ0) is 14.5. The van der Waals surface area contributed by atoms with Gasteiger partial charge in [0.05, 0.1) is 25.3 Å². The van der Waals surface area contributed by atoms with Crippen LogP contribution >= 0.6 is 0 Å². The molecule has 0 saturated carbocycles. The molecule has 7 nitrogen and oxygen atoms in total. The molecule has 0 fully saturated rings. The molecule has 0 amide bonds. The summed E-state index contributed by atoms with van der Waals surface area (Å²) in [5.41, 5.74) is 0.789. The van der Waals surface area contributed by atoms with Crippen molar-refractivity contribution in [2.75, 3.05) is 26.3 Å². The molecule has 0 aromatic carbocycles. The topological polar surface area (TPSA) is 95.8 Å². The van der Waals surface area contributed by atoms with Crippen LogP contribution in [0.3, 0.4) is 0 Å². The molecule has 0 aliphatic rings. The first kappa shape index (κ1) is 14.7. The maximum Gasteiger partial charge on any atom is 0.251 e. The van der Waals surface area contributed by atoms with Gasteiger partial charge in [0, 0.05) is 13.1 Å². The van der Waals surface area contributed by atoms with E-state index in [0.29, 0.717) is 31.4 Å². The molecule has 0 aliphatic carbocycles. The van der Waals surface area contributed by atoms with Gasteiger partial charge in [-0.2, -0.15) is 0 Å². The average molecular weight is 281 g/mol. The molecule has 2 heterocycles. The SMILES string of the molecule is Cc1cc(-c2nnc(CN(CCO)CCO)o2)c(C)o1. The number of aromatic nitrogens is 2. The summed E-state index contributed by atoms with van der Waals surface area (Å²) in [6, 6.07) is 1.85. The maximum absolute atomic E-state index is 8.96. The van der Waals surface area contributed by atoms with Crippen molar-refractivity contribution in [3.05, 3.63) is 23.5 Å². The molecule has 7 heteroatoms. The number of aryl methyl sites for hydroxylation is 2. The van der Waals surface area contributed by atoms with E-state index in [2.05, 4.69) is 10.2 Å². The van der Waals surface area contributed by atoms with Gasteiger partial charge >= 0.3 is 0 Å². The Kier molecular flexibility index (Phi) is 4.89. The molecule has 0 saturated heterocycles. The van der Waals surface area contributed by atoms with Gasteiger partial charge in [-0.3, -0.25) is 4.90 Å². The van der Waals surface area contributed by atoms with E-state index in [9.17, 15) is 0 Å². The smallest absolute Gasteiger partial charge is 0.251 e. The highest BCUT2D eigenvalue weighted by Crippen LogP contribution is 2.25. The Hall–Kier alpha value is -1.70. The number of furan rings is 1. The van der Waals surface area contributed by atoms with Crippen LogP contribution in [0.15, 0.2) is 14.9 Å². The van der Waals surface area contributed by atoms with Gasteiger partial charge in [-0.05, 0) is 19.9 Å². The lowest BCUT2D eigenvalue weighted by Gasteiger charge is -2.17. The first-order chi connectivity index (χ1) is 9.63. The Balaban J connectivity index is 2.10. The van der Waals surface area contributed by atoms with Crippen LogP contribution in [0.5, 0.6) is 0 Å². The third kappa shape index (κ3) is 3.44. The molecule has 0 atom stereocenters. The minimum absolute atomic E-state index is 0.0149. The van der Waals surface area contributed by atoms with E-state index in [1.165, 1.54) is 0 Å². The number of aliphatic hydroxyl groups excluding tert-OH is 2. The molecule has 0 aliphatic heterocycles. The normalized spacial score (nSPS) is 11.4. The van der Waals surface area contributed by atoms with Crippen molar-refractivity contribution in [1.29, 1.82) is 0 Å². The number of nitrogens with zero attached hydrogens (tertiary/aromatic N) is 3. The van der Waals surface area contributed by atoms with E-state index in [-0.39, 0.29) is 13.2 Å². The van der Waals surface area contributed by atoms with Crippen molar-refractivity contribution >= 4 is 0 Å². The van der Waals surface area contributed by atoms with E-state index in [1.54, 1.807) is 0 Å². The fourth-order valence-corrected chi connectivity index (χ4v) is 2.01. The van der Waals surface area contributed by atoms with Crippen molar-refractivity contribution < 1.29 is 19.0 Å². The van der Waals surface area contributed by atoms with E-state index < -0.39 is 0 Å². The van der Waals surface area contributed by atoms with Crippen LogP contribution in [-0.4, -0.2) is 51.6 Å². The molecule has 0 spiro atoms. The summed E-state index contributed by atoms with van der Waals surface area (Å²) < 4.78 is 11.0. The van der Waals surface area contributed by atoms with Gasteiger partial charge in [0.15, 0.2) is 0 Å². The Bertz CT molecular complexity index is 544. The highest BCUT2D eigenvalue weighted by atomic mass is 16.4. The van der Waals surface area contributed by atoms with Crippen LogP contribution in [-0.2, 0) is 6.54 Å². The third-order valence-corrected chi connectivity index (χ3v) is 2.93. The van der Waals surface area contributed by atoms with Crippen LogP contribution in [0.2, 0.25) is 0 Å². The highest BCUT2D eigenvalue weighted by Gasteiger charge is 2.16. The van der Waals surface area contributed by atoms with E-state index in [1.807, 2.05) is 24.8 Å². The van der Waals surface area contributed by atoms with E-state index in [0.717, 1.165) is 17.1 Å². The zero-order valence-electron chi connectivity index (χ0n) is 11.7. The first-order valence-corrected chi connectivity index (χ1v) is 6.48. The van der Waals surface area contributed by atoms with Crippen molar-refractivity contribution in [1.82, 2.24) is 15.1 Å². The van der Waals surface area contributed by atoms with E-state index in [4.69, 9.17) is 19.0 Å². The summed E-state index contributed by atoms with van der Waals surface area (Å²) in [5.74, 6) is 2.39. The average Bonchev–Trinajstić information content (AvgIpc) is 2.96. The van der Waals surface area contributed by atoms with E-state index >= 15 is 0 Å². The van der Waals surface area contributed by atoms with Crippen molar-refractivity contribution in [3.63, 3.8) is 0 Å². The summed E-state index contributed by atoms with van der Waals surface area (Å²) in [7, 11) is 0. The number of aliphatic hydroxyl groups is 2. The molecular weight excluding hydrogens is 262 g/mol. The molecule has 2 N–H and O–H groups in total. The molecule has 2 rings (SSSR count). The van der Waals surface area contributed by atoms with Gasteiger partial charge in [-0.15, -0.1) is 10.2 Å². The lowest BCUT2D eigenvalue weighted by Crippen LogP contribution is -2.29. The molecule has 0 radical (unpaired) electrons. The molecule has 2 aromatic heterocycles. The van der Waals surface area contributed by atoms with Crippen LogP contribution in [0.25, 0.3) is 11.5 Å². The highest BCUT2D eigenvalue weighted by molar-refractivity contribution is 5.55. The molecule has 0 bridgehead atoms. The predicted octanol–water partition coefficient (Wildman–Crippen LogP) is 0.733. The van der Waals surface area contributed by atoms with Crippen LogP contribution in [0, 0.1) is 13.8 Å². The molecule has 2 aromatic rings. The Morgan fingerprint density at radius 1 is 1.10 bits per heavy atom. The Morgan fingerprint density at radius 2 is 1.80 bits per heavy atom. The minimum Gasteiger partial charge on any atom is -0.466 e. The van der Waals surface area contributed by atoms with Crippen LogP contribution in [0.4, 0.5) is 0 Å². The predicted molar refractivity (Wildman–Crippen MR) is 70.9 cm³/mol. The van der Waals surface area contributed by atoms with Crippen molar-refractivity contribution in [2.24, 2.45) is 0 Å². The standard InChI is InChI=1S/C13H19N3O4/c1-9-7-11(10(2)19-9)13-15-14-12(20-13)8-16(3-5-17)4-6-18/h7,17-18H,3-6,8H2,1-2H3. The molecule has 0 unspecified atom stereocenters. The van der Waals surface area contributed by atoms with Gasteiger partial charge in [0.25, 0.3) is 5.89 Å². The van der Waals surface area contributed by atoms with Gasteiger partial charge in [-0.1, -0.05) is 0 Å². The van der Waals surface area contributed by atoms with Crippen molar-refractivity contribution in [2.45, 2.75) is 20.4 Å². The maximum atomic E-state index is 8.96. The van der Waals surface area contributed by atoms with Crippen LogP contribution in [0.1, 0.15) is 17.4 Å². The second kappa shape index (κ2) is 6.65. The Labute approximate surface area is 116 Å². The molecular formula is C13H19N3O4.